The highest BCUT2D eigenvalue weighted by Crippen LogP contribution is 2.31. The monoisotopic (exact) mass is 371 g/mol. The fourth-order valence-corrected chi connectivity index (χ4v) is 4.38. The molecule has 2 heterocycles. The average molecular weight is 372 g/mol. The van der Waals surface area contributed by atoms with E-state index in [-0.39, 0.29) is 5.91 Å². The Morgan fingerprint density at radius 2 is 1.96 bits per heavy atom. The summed E-state index contributed by atoms with van der Waals surface area (Å²) in [5.74, 6) is 1.12. The molecule has 2 aromatic heterocycles. The van der Waals surface area contributed by atoms with Crippen LogP contribution in [0.1, 0.15) is 28.8 Å². The largest absolute Gasteiger partial charge is 0.351 e. The number of rotatable bonds is 6. The molecule has 130 valence electrons. The summed E-state index contributed by atoms with van der Waals surface area (Å²) in [5, 5.41) is 4.92. The molecule has 4 nitrogen and oxygen atoms in total. The smallest absolute Gasteiger partial charge is 0.230 e. The van der Waals surface area contributed by atoms with Gasteiger partial charge in [0.2, 0.25) is 5.91 Å². The summed E-state index contributed by atoms with van der Waals surface area (Å²) in [6.45, 7) is 6.64. The van der Waals surface area contributed by atoms with Crippen molar-refractivity contribution in [3.8, 4) is 0 Å². The van der Waals surface area contributed by atoms with Crippen LogP contribution in [0.4, 0.5) is 0 Å². The topological polar surface area (TPSA) is 54.9 Å². The summed E-state index contributed by atoms with van der Waals surface area (Å²) < 4.78 is 0. The number of hydrogen-bond acceptors (Lipinski definition) is 5. The second kappa shape index (κ2) is 7.97. The molecule has 0 bridgehead atoms. The predicted octanol–water partition coefficient (Wildman–Crippen LogP) is 4.28. The first-order chi connectivity index (χ1) is 12.0. The lowest BCUT2D eigenvalue weighted by Crippen LogP contribution is -2.24. The Hall–Kier alpha value is -1.92. The summed E-state index contributed by atoms with van der Waals surface area (Å²) in [6.07, 6.45) is 0.987. The van der Waals surface area contributed by atoms with E-state index in [0.29, 0.717) is 12.3 Å². The minimum atomic E-state index is 0.0148. The highest BCUT2D eigenvalue weighted by atomic mass is 32.2. The van der Waals surface area contributed by atoms with Crippen LogP contribution in [0.3, 0.4) is 0 Å². The van der Waals surface area contributed by atoms with Gasteiger partial charge in [-0.25, -0.2) is 9.97 Å². The molecule has 1 amide bonds. The van der Waals surface area contributed by atoms with Gasteiger partial charge in [0.25, 0.3) is 0 Å². The third kappa shape index (κ3) is 4.58. The minimum absolute atomic E-state index is 0.0148. The first-order valence-corrected chi connectivity index (χ1v) is 10.1. The number of nitrogens with one attached hydrogen (secondary N) is 1. The third-order valence-electron chi connectivity index (χ3n) is 3.82. The van der Waals surface area contributed by atoms with Gasteiger partial charge in [-0.1, -0.05) is 48.5 Å². The van der Waals surface area contributed by atoms with Crippen molar-refractivity contribution in [2.45, 2.75) is 38.8 Å². The second-order valence-electron chi connectivity index (χ2n) is 5.91. The summed E-state index contributed by atoms with van der Waals surface area (Å²) in [6, 6.07) is 10.3. The zero-order valence-corrected chi connectivity index (χ0v) is 16.3. The van der Waals surface area contributed by atoms with Crippen molar-refractivity contribution in [2.75, 3.05) is 5.75 Å². The van der Waals surface area contributed by atoms with Gasteiger partial charge in [-0.15, -0.1) is 11.3 Å². The highest BCUT2D eigenvalue weighted by Gasteiger charge is 2.12. The van der Waals surface area contributed by atoms with Crippen LogP contribution >= 0.6 is 23.1 Å². The molecule has 3 aromatic rings. The second-order valence-corrected chi connectivity index (χ2v) is 7.99. The number of hydrogen-bond donors (Lipinski definition) is 1. The van der Waals surface area contributed by atoms with Crippen LogP contribution in [0.5, 0.6) is 0 Å². The van der Waals surface area contributed by atoms with Crippen molar-refractivity contribution >= 4 is 39.2 Å². The Kier molecular flexibility index (Phi) is 5.71. The summed E-state index contributed by atoms with van der Waals surface area (Å²) in [4.78, 5) is 23.5. The maximum atomic E-state index is 12.2. The van der Waals surface area contributed by atoms with Gasteiger partial charge < -0.3 is 5.32 Å². The van der Waals surface area contributed by atoms with Crippen LogP contribution in [-0.2, 0) is 17.8 Å². The molecule has 0 aliphatic heterocycles. The van der Waals surface area contributed by atoms with E-state index in [9.17, 15) is 4.79 Å². The summed E-state index contributed by atoms with van der Waals surface area (Å²) in [7, 11) is 0. The van der Waals surface area contributed by atoms with Crippen LogP contribution in [0.2, 0.25) is 0 Å². The Labute approximate surface area is 156 Å². The summed E-state index contributed by atoms with van der Waals surface area (Å²) >= 11 is 3.18. The molecule has 0 saturated carbocycles. The third-order valence-corrected chi connectivity index (χ3v) is 5.98. The maximum Gasteiger partial charge on any atom is 0.230 e. The fraction of sp³-hybridized carbons (Fsp3) is 0.316. The highest BCUT2D eigenvalue weighted by molar-refractivity contribution is 8.00. The number of aryl methyl sites for hydroxylation is 3. The standard InChI is InChI=1S/C19H21N3OS2/c1-4-15-9-16-18(21-13(3)22-19(16)25-15)24-11-17(23)20-10-14-7-5-12(2)6-8-14/h5-9H,4,10-11H2,1-3H3,(H,20,23). The van der Waals surface area contributed by atoms with Crippen LogP contribution < -0.4 is 5.32 Å². The van der Waals surface area contributed by atoms with Crippen molar-refractivity contribution in [3.05, 3.63) is 52.2 Å². The molecule has 25 heavy (non-hydrogen) atoms. The van der Waals surface area contributed by atoms with Crippen molar-refractivity contribution in [2.24, 2.45) is 0 Å². The van der Waals surface area contributed by atoms with Gasteiger partial charge in [0.15, 0.2) is 0 Å². The first-order valence-electron chi connectivity index (χ1n) is 8.27. The van der Waals surface area contributed by atoms with Crippen LogP contribution in [0, 0.1) is 13.8 Å². The van der Waals surface area contributed by atoms with E-state index in [0.717, 1.165) is 33.1 Å². The van der Waals surface area contributed by atoms with Crippen molar-refractivity contribution in [1.29, 1.82) is 0 Å². The zero-order valence-electron chi connectivity index (χ0n) is 14.6. The molecular weight excluding hydrogens is 350 g/mol. The fourth-order valence-electron chi connectivity index (χ4n) is 2.42. The van der Waals surface area contributed by atoms with E-state index in [1.807, 2.05) is 19.1 Å². The number of carbonyl (C=O) groups excluding carboxylic acids is 1. The van der Waals surface area contributed by atoms with E-state index < -0.39 is 0 Å². The molecule has 0 radical (unpaired) electrons. The molecule has 1 aromatic carbocycles. The van der Waals surface area contributed by atoms with Crippen molar-refractivity contribution < 1.29 is 4.79 Å². The van der Waals surface area contributed by atoms with Gasteiger partial charge in [0, 0.05) is 16.8 Å². The molecule has 0 fully saturated rings. The Morgan fingerprint density at radius 3 is 2.68 bits per heavy atom. The molecule has 0 unspecified atom stereocenters. The lowest BCUT2D eigenvalue weighted by molar-refractivity contribution is -0.118. The molecule has 0 saturated heterocycles. The number of thioether (sulfide) groups is 1. The van der Waals surface area contributed by atoms with Crippen molar-refractivity contribution in [1.82, 2.24) is 15.3 Å². The quantitative estimate of drug-likeness (QED) is 0.519. The minimum Gasteiger partial charge on any atom is -0.351 e. The van der Waals surface area contributed by atoms with Gasteiger partial charge in [0.1, 0.15) is 15.7 Å². The number of carbonyl (C=O) groups is 1. The number of nitrogens with zero attached hydrogens (tertiary/aromatic N) is 2. The number of aromatic nitrogens is 2. The first kappa shape index (κ1) is 17.9. The number of amides is 1. The van der Waals surface area contributed by atoms with E-state index in [4.69, 9.17) is 0 Å². The van der Waals surface area contributed by atoms with Crippen LogP contribution in [0.25, 0.3) is 10.2 Å². The van der Waals surface area contributed by atoms with Gasteiger partial charge in [0.05, 0.1) is 5.75 Å². The molecule has 0 aliphatic rings. The Balaban J connectivity index is 1.62. The molecule has 0 atom stereocenters. The number of thiophene rings is 1. The normalized spacial score (nSPS) is 11.0. The van der Waals surface area contributed by atoms with E-state index in [1.165, 1.54) is 22.2 Å². The number of fused-ring (bicyclic) bond motifs is 1. The molecule has 3 rings (SSSR count). The van der Waals surface area contributed by atoms with E-state index in [2.05, 4.69) is 47.3 Å². The Bertz CT molecular complexity index is 888. The van der Waals surface area contributed by atoms with Crippen LogP contribution in [-0.4, -0.2) is 21.6 Å². The Morgan fingerprint density at radius 1 is 1.20 bits per heavy atom. The number of benzene rings is 1. The van der Waals surface area contributed by atoms with Crippen molar-refractivity contribution in [3.63, 3.8) is 0 Å². The van der Waals surface area contributed by atoms with Gasteiger partial charge in [-0.3, -0.25) is 4.79 Å². The average Bonchev–Trinajstić information content (AvgIpc) is 3.02. The lowest BCUT2D eigenvalue weighted by atomic mass is 10.1. The molecule has 0 spiro atoms. The lowest BCUT2D eigenvalue weighted by Gasteiger charge is -2.06. The zero-order chi connectivity index (χ0) is 17.8. The molecular formula is C19H21N3OS2. The van der Waals surface area contributed by atoms with E-state index in [1.54, 1.807) is 11.3 Å². The van der Waals surface area contributed by atoms with Gasteiger partial charge in [-0.2, -0.15) is 0 Å². The van der Waals surface area contributed by atoms with Gasteiger partial charge in [-0.05, 0) is 31.9 Å². The van der Waals surface area contributed by atoms with E-state index >= 15 is 0 Å². The molecule has 6 heteroatoms. The maximum absolute atomic E-state index is 12.2. The molecule has 1 N–H and O–H groups in total. The van der Waals surface area contributed by atoms with Crippen LogP contribution in [0.15, 0.2) is 35.4 Å². The SMILES string of the molecule is CCc1cc2c(SCC(=O)NCc3ccc(C)cc3)nc(C)nc2s1. The van der Waals surface area contributed by atoms with Gasteiger partial charge >= 0.3 is 0 Å². The molecule has 0 aliphatic carbocycles. The summed E-state index contributed by atoms with van der Waals surface area (Å²) in [5.41, 5.74) is 2.32. The predicted molar refractivity (Wildman–Crippen MR) is 105 cm³/mol.